The summed E-state index contributed by atoms with van der Waals surface area (Å²) in [4.78, 5) is 52.7. The molecule has 0 aliphatic heterocycles. The van der Waals surface area contributed by atoms with Crippen LogP contribution >= 0.6 is 15.6 Å². The Morgan fingerprint density at radius 3 is 1.61 bits per heavy atom. The largest absolute Gasteiger partial charge is 0.472 e. The summed E-state index contributed by atoms with van der Waals surface area (Å²) in [6, 6.07) is 0. The van der Waals surface area contributed by atoms with Gasteiger partial charge in [-0.25, -0.2) is 9.13 Å². The summed E-state index contributed by atoms with van der Waals surface area (Å²) in [6.45, 7) is 1.32. The molecule has 0 aromatic rings. The van der Waals surface area contributed by atoms with Crippen LogP contribution in [-0.4, -0.2) is 81.6 Å². The van der Waals surface area contributed by atoms with Crippen molar-refractivity contribution in [3.63, 3.8) is 0 Å². The highest BCUT2D eigenvalue weighted by atomic mass is 31.2. The lowest BCUT2D eigenvalue weighted by atomic mass is 10.1. The predicted octanol–water partition coefficient (Wildman–Crippen LogP) is 10.6. The van der Waals surface area contributed by atoms with Gasteiger partial charge in [0.15, 0.2) is 6.10 Å². The number of carbonyl (C=O) groups excluding carboxylic acids is 2. The van der Waals surface area contributed by atoms with E-state index >= 15 is 0 Å². The maximum Gasteiger partial charge on any atom is 0.472 e. The number of aliphatic hydroxyl groups is 2. The molecule has 0 heterocycles. The zero-order chi connectivity index (χ0) is 47.4. The van der Waals surface area contributed by atoms with Gasteiger partial charge < -0.3 is 34.4 Å². The smallest absolute Gasteiger partial charge is 0.462 e. The molecule has 0 spiro atoms. The first-order valence-electron chi connectivity index (χ1n) is 22.3. The van der Waals surface area contributed by atoms with Gasteiger partial charge in [-0.1, -0.05) is 148 Å². The van der Waals surface area contributed by atoms with E-state index in [9.17, 15) is 33.8 Å². The molecular weight excluding hydrogens is 862 g/mol. The molecule has 362 valence electrons. The third-order valence-electron chi connectivity index (χ3n) is 8.43. The van der Waals surface area contributed by atoms with Gasteiger partial charge >= 0.3 is 27.6 Å². The van der Waals surface area contributed by atoms with Crippen LogP contribution in [0.4, 0.5) is 0 Å². The van der Waals surface area contributed by atoms with Gasteiger partial charge in [0.05, 0.1) is 25.9 Å². The lowest BCUT2D eigenvalue weighted by Gasteiger charge is -2.20. The Morgan fingerprint density at radius 1 is 0.516 bits per heavy atom. The SMILES string of the molecule is CC/C=C\C/C=C\C/C=C\C/C=C\CCCCCCC(=O)O[C@H](COC(=O)CC/C=C\C/C=C\C/C=C\C=C\C(O)C/C=C\C/C=C\CC)COP(=O)(O)OC[C@@H](O)COP(=O)(O)O. The van der Waals surface area contributed by atoms with Crippen LogP contribution in [0.3, 0.4) is 0 Å². The van der Waals surface area contributed by atoms with Gasteiger partial charge in [-0.05, 0) is 83.5 Å². The number of unbranched alkanes of at least 4 members (excludes halogenated alkanes) is 4. The summed E-state index contributed by atoms with van der Waals surface area (Å²) in [5.74, 6) is -1.20. The van der Waals surface area contributed by atoms with E-state index in [4.69, 9.17) is 23.8 Å². The van der Waals surface area contributed by atoms with E-state index in [2.05, 4.69) is 83.7 Å². The molecule has 2 unspecified atom stereocenters. The Morgan fingerprint density at radius 2 is 1.02 bits per heavy atom. The Labute approximate surface area is 382 Å². The molecule has 0 saturated carbocycles. The van der Waals surface area contributed by atoms with Gasteiger partial charge in [-0.15, -0.1) is 0 Å². The Hall–Kier alpha value is -3.52. The molecule has 0 amide bonds. The van der Waals surface area contributed by atoms with Gasteiger partial charge in [-0.2, -0.15) is 0 Å². The number of rotatable bonds is 40. The van der Waals surface area contributed by atoms with Crippen LogP contribution in [0.15, 0.2) is 122 Å². The summed E-state index contributed by atoms with van der Waals surface area (Å²) in [5.41, 5.74) is 0. The standard InChI is InChI=1S/C48H76O14P2/c1-3-5-7-9-11-12-13-14-15-16-17-18-19-24-27-31-35-39-48(52)62-46(43-61-64(56,57)60-41-45(50)40-59-63(53,54)55)42-58-47(51)38-34-30-26-23-21-20-22-25-29-33-37-44(49)36-32-28-10-8-6-4-2/h5-8,11-12,14-15,17-18,20-21,25-26,28-30,32-33,37,44-46,49-50H,3-4,9-10,13,16,19,22-24,27,31,34-36,38-43H2,1-2H3,(H,56,57)(H2,53,54,55)/b7-5-,8-6-,12-11-,15-14-,18-17-,21-20-,29-25-,30-26-,32-28-,37-33+/t44?,45-,46+/m0/s1. The van der Waals surface area contributed by atoms with Gasteiger partial charge in [-0.3, -0.25) is 23.2 Å². The average molecular weight is 939 g/mol. The highest BCUT2D eigenvalue weighted by Gasteiger charge is 2.28. The fraction of sp³-hybridized carbons (Fsp3) is 0.542. The van der Waals surface area contributed by atoms with Crippen LogP contribution in [0.5, 0.6) is 0 Å². The quantitative estimate of drug-likeness (QED) is 0.0127. The molecular formula is C48H76O14P2. The predicted molar refractivity (Wildman–Crippen MR) is 254 cm³/mol. The summed E-state index contributed by atoms with van der Waals surface area (Å²) >= 11 is 0. The summed E-state index contributed by atoms with van der Waals surface area (Å²) in [5, 5.41) is 19.8. The first-order chi connectivity index (χ1) is 30.8. The molecule has 14 nitrogen and oxygen atoms in total. The van der Waals surface area contributed by atoms with Crippen LogP contribution in [0, 0.1) is 0 Å². The number of aliphatic hydroxyl groups excluding tert-OH is 2. The molecule has 0 bridgehead atoms. The zero-order valence-electron chi connectivity index (χ0n) is 37.9. The second kappa shape index (κ2) is 42.1. The van der Waals surface area contributed by atoms with Crippen molar-refractivity contribution < 1.29 is 66.7 Å². The molecule has 0 saturated heterocycles. The third-order valence-corrected chi connectivity index (χ3v) is 9.87. The average Bonchev–Trinajstić information content (AvgIpc) is 3.25. The van der Waals surface area contributed by atoms with Gasteiger partial charge in [0, 0.05) is 12.8 Å². The Bertz CT molecular complexity index is 1600. The molecule has 0 radical (unpaired) electrons. The van der Waals surface area contributed by atoms with E-state index in [0.717, 1.165) is 70.6 Å². The minimum atomic E-state index is -4.89. The summed E-state index contributed by atoms with van der Waals surface area (Å²) in [6.07, 6.45) is 49.4. The van der Waals surface area contributed by atoms with Gasteiger partial charge in [0.25, 0.3) is 0 Å². The van der Waals surface area contributed by atoms with Crippen LogP contribution in [0.1, 0.15) is 123 Å². The number of hydrogen-bond acceptors (Lipinski definition) is 11. The van der Waals surface area contributed by atoms with Crippen molar-refractivity contribution in [2.75, 3.05) is 26.4 Å². The van der Waals surface area contributed by atoms with E-state index in [1.165, 1.54) is 0 Å². The highest BCUT2D eigenvalue weighted by Crippen LogP contribution is 2.43. The van der Waals surface area contributed by atoms with Crippen molar-refractivity contribution in [3.8, 4) is 0 Å². The van der Waals surface area contributed by atoms with Crippen LogP contribution in [-0.2, 0) is 41.8 Å². The lowest BCUT2D eigenvalue weighted by molar-refractivity contribution is -0.161. The molecule has 16 heteroatoms. The second-order valence-electron chi connectivity index (χ2n) is 14.4. The topological polar surface area (TPSA) is 216 Å². The van der Waals surface area contributed by atoms with Crippen molar-refractivity contribution in [1.82, 2.24) is 0 Å². The monoisotopic (exact) mass is 938 g/mol. The number of esters is 2. The summed E-state index contributed by atoms with van der Waals surface area (Å²) < 4.78 is 47.7. The third kappa shape index (κ3) is 45.1. The van der Waals surface area contributed by atoms with Crippen LogP contribution in [0.2, 0.25) is 0 Å². The maximum atomic E-state index is 12.7. The zero-order valence-corrected chi connectivity index (χ0v) is 39.7. The first-order valence-corrected chi connectivity index (χ1v) is 25.4. The van der Waals surface area contributed by atoms with E-state index in [1.54, 1.807) is 6.08 Å². The van der Waals surface area contributed by atoms with Crippen LogP contribution < -0.4 is 0 Å². The number of phosphoric acid groups is 2. The molecule has 64 heavy (non-hydrogen) atoms. The Kier molecular flexibility index (Phi) is 39.8. The number of carbonyl (C=O) groups is 2. The Balaban J connectivity index is 4.74. The minimum Gasteiger partial charge on any atom is -0.462 e. The van der Waals surface area contributed by atoms with Crippen LogP contribution in [0.25, 0.3) is 0 Å². The molecule has 0 fully saturated rings. The van der Waals surface area contributed by atoms with E-state index in [-0.39, 0.29) is 12.8 Å². The molecule has 0 aliphatic rings. The van der Waals surface area contributed by atoms with Crippen molar-refractivity contribution >= 4 is 27.6 Å². The fourth-order valence-electron chi connectivity index (χ4n) is 5.09. The molecule has 0 rings (SSSR count). The number of ether oxygens (including phenoxy) is 2. The number of hydrogen-bond donors (Lipinski definition) is 5. The van der Waals surface area contributed by atoms with Gasteiger partial charge in [0.1, 0.15) is 12.7 Å². The fourth-order valence-corrected chi connectivity index (χ4v) is 6.25. The molecule has 0 aromatic heterocycles. The molecule has 0 aliphatic carbocycles. The van der Waals surface area contributed by atoms with Crippen molar-refractivity contribution in [1.29, 1.82) is 0 Å². The first kappa shape index (κ1) is 60.5. The van der Waals surface area contributed by atoms with E-state index in [0.29, 0.717) is 25.7 Å². The second-order valence-corrected chi connectivity index (χ2v) is 17.1. The van der Waals surface area contributed by atoms with E-state index in [1.807, 2.05) is 54.7 Å². The summed E-state index contributed by atoms with van der Waals surface area (Å²) in [7, 11) is -9.74. The maximum absolute atomic E-state index is 12.7. The molecule has 0 aromatic carbocycles. The van der Waals surface area contributed by atoms with Crippen molar-refractivity contribution in [2.45, 2.75) is 141 Å². The minimum absolute atomic E-state index is 0.0332. The van der Waals surface area contributed by atoms with Crippen molar-refractivity contribution in [2.24, 2.45) is 0 Å². The normalized spacial score (nSPS) is 15.5. The molecule has 4 atom stereocenters. The van der Waals surface area contributed by atoms with Crippen molar-refractivity contribution in [3.05, 3.63) is 122 Å². The molecule has 5 N–H and O–H groups in total. The highest BCUT2D eigenvalue weighted by molar-refractivity contribution is 7.47. The number of phosphoric ester groups is 2. The van der Waals surface area contributed by atoms with E-state index < -0.39 is 72.3 Å². The lowest BCUT2D eigenvalue weighted by Crippen LogP contribution is -2.29. The van der Waals surface area contributed by atoms with Gasteiger partial charge in [0.2, 0.25) is 0 Å². The number of allylic oxidation sites excluding steroid dienone is 18.